The SMILES string of the molecule is CCCCCc1ccc(P(=O)(C(=O)c2c(C)cc(C)cc2C)C(=O)c2c(C)cc(C)cc2C)c(CCCCC)c1. The summed E-state index contributed by atoms with van der Waals surface area (Å²) in [6.45, 7) is 15.8. The number of carbonyl (C=O) groups excluding carboxylic acids is 2. The molecule has 0 saturated heterocycles. The van der Waals surface area contributed by atoms with Crippen molar-refractivity contribution in [3.05, 3.63) is 98.1 Å². The Bertz CT molecular complexity index is 1330. The van der Waals surface area contributed by atoms with Gasteiger partial charge in [-0.05, 0) is 101 Å². The van der Waals surface area contributed by atoms with Gasteiger partial charge in [-0.15, -0.1) is 0 Å². The van der Waals surface area contributed by atoms with Crippen LogP contribution in [-0.2, 0) is 17.4 Å². The Kier molecular flexibility index (Phi) is 10.9. The molecule has 0 fully saturated rings. The van der Waals surface area contributed by atoms with Crippen LogP contribution in [0.4, 0.5) is 0 Å². The molecule has 0 aliphatic rings. The van der Waals surface area contributed by atoms with Crippen LogP contribution in [0.2, 0.25) is 0 Å². The molecule has 3 aromatic carbocycles. The van der Waals surface area contributed by atoms with Gasteiger partial charge in [0.25, 0.3) is 0 Å². The third-order valence-corrected chi connectivity index (χ3v) is 10.7. The van der Waals surface area contributed by atoms with E-state index < -0.39 is 18.2 Å². The molecule has 3 rings (SSSR count). The Hall–Kier alpha value is -2.77. The standard InChI is InChI=1S/C36H47O3P/c1-9-11-13-15-30-17-18-32(31(23-30)16-14-12-10-2)40(39,35(37)33-26(5)19-24(3)20-27(33)6)36(38)34-28(7)21-25(4)22-29(34)8/h17-23H,9-16H2,1-8H3. The van der Waals surface area contributed by atoms with Crippen LogP contribution in [0.5, 0.6) is 0 Å². The highest BCUT2D eigenvalue weighted by Crippen LogP contribution is 2.53. The van der Waals surface area contributed by atoms with E-state index in [4.69, 9.17) is 0 Å². The molecule has 4 heteroatoms. The molecule has 0 aliphatic heterocycles. The first-order valence-electron chi connectivity index (χ1n) is 14.9. The van der Waals surface area contributed by atoms with E-state index in [-0.39, 0.29) is 0 Å². The Morgan fingerprint density at radius 3 is 1.45 bits per heavy atom. The Morgan fingerprint density at radius 1 is 0.600 bits per heavy atom. The Balaban J connectivity index is 2.32. The van der Waals surface area contributed by atoms with Crippen LogP contribution in [0.25, 0.3) is 0 Å². The van der Waals surface area contributed by atoms with Gasteiger partial charge in [-0.2, -0.15) is 0 Å². The van der Waals surface area contributed by atoms with E-state index in [0.29, 0.717) is 22.9 Å². The number of carbonyl (C=O) groups is 2. The molecule has 0 spiro atoms. The molecular formula is C36H47O3P. The minimum absolute atomic E-state index is 0.413. The number of hydrogen-bond donors (Lipinski definition) is 0. The zero-order chi connectivity index (χ0) is 29.6. The first-order chi connectivity index (χ1) is 18.9. The maximum Gasteiger partial charge on any atom is 0.248 e. The fraction of sp³-hybridized carbons (Fsp3) is 0.444. The molecule has 40 heavy (non-hydrogen) atoms. The van der Waals surface area contributed by atoms with Gasteiger partial charge in [-0.3, -0.25) is 9.59 Å². The zero-order valence-electron chi connectivity index (χ0n) is 25.9. The van der Waals surface area contributed by atoms with Crippen molar-refractivity contribution in [3.63, 3.8) is 0 Å². The topological polar surface area (TPSA) is 51.2 Å². The van der Waals surface area contributed by atoms with Gasteiger partial charge in [-0.1, -0.05) is 93.1 Å². The number of aryl methyl sites for hydroxylation is 8. The van der Waals surface area contributed by atoms with Gasteiger partial charge < -0.3 is 4.57 Å². The monoisotopic (exact) mass is 558 g/mol. The molecule has 0 heterocycles. The summed E-state index contributed by atoms with van der Waals surface area (Å²) in [4.78, 5) is 29.2. The molecule has 0 atom stereocenters. The van der Waals surface area contributed by atoms with E-state index in [1.807, 2.05) is 77.9 Å². The van der Waals surface area contributed by atoms with E-state index in [1.54, 1.807) is 0 Å². The molecule has 3 nitrogen and oxygen atoms in total. The minimum Gasteiger partial charge on any atom is -0.302 e. The number of hydrogen-bond acceptors (Lipinski definition) is 3. The van der Waals surface area contributed by atoms with Crippen molar-refractivity contribution in [2.24, 2.45) is 0 Å². The van der Waals surface area contributed by atoms with Crippen molar-refractivity contribution in [2.45, 2.75) is 107 Å². The molecular weight excluding hydrogens is 511 g/mol. The van der Waals surface area contributed by atoms with Gasteiger partial charge in [-0.25, -0.2) is 0 Å². The van der Waals surface area contributed by atoms with Crippen LogP contribution in [-0.4, -0.2) is 11.0 Å². The van der Waals surface area contributed by atoms with Crippen LogP contribution in [0, 0.1) is 41.5 Å². The fourth-order valence-corrected chi connectivity index (χ4v) is 8.93. The summed E-state index contributed by atoms with van der Waals surface area (Å²) in [5.74, 6) is 0. The summed E-state index contributed by atoms with van der Waals surface area (Å²) < 4.78 is 15.5. The predicted molar refractivity (Wildman–Crippen MR) is 170 cm³/mol. The van der Waals surface area contributed by atoms with E-state index in [9.17, 15) is 9.59 Å². The van der Waals surface area contributed by atoms with Crippen molar-refractivity contribution >= 4 is 23.5 Å². The van der Waals surface area contributed by atoms with Crippen molar-refractivity contribution < 1.29 is 14.2 Å². The van der Waals surface area contributed by atoms with Gasteiger partial charge in [0.05, 0.1) is 0 Å². The summed E-state index contributed by atoms with van der Waals surface area (Å²) >= 11 is 0. The highest BCUT2D eigenvalue weighted by Gasteiger charge is 2.46. The quantitative estimate of drug-likeness (QED) is 0.155. The minimum atomic E-state index is -4.25. The molecule has 3 aromatic rings. The van der Waals surface area contributed by atoms with Crippen molar-refractivity contribution in [1.82, 2.24) is 0 Å². The summed E-state index contributed by atoms with van der Waals surface area (Å²) in [5, 5.41) is 0.427. The van der Waals surface area contributed by atoms with E-state index >= 15 is 4.57 Å². The predicted octanol–water partition coefficient (Wildman–Crippen LogP) is 9.67. The second-order valence-electron chi connectivity index (χ2n) is 11.6. The van der Waals surface area contributed by atoms with Gasteiger partial charge in [0, 0.05) is 16.4 Å². The average molecular weight is 559 g/mol. The lowest BCUT2D eigenvalue weighted by atomic mass is 10.0. The lowest BCUT2D eigenvalue weighted by Crippen LogP contribution is -2.26. The molecule has 214 valence electrons. The molecule has 0 amide bonds. The number of rotatable bonds is 13. The summed E-state index contributed by atoms with van der Waals surface area (Å²) in [5.41, 5.74) is 6.93. The first-order valence-corrected chi connectivity index (χ1v) is 16.6. The molecule has 0 radical (unpaired) electrons. The lowest BCUT2D eigenvalue weighted by molar-refractivity contribution is 0.104. The van der Waals surface area contributed by atoms with Crippen LogP contribution >= 0.6 is 7.14 Å². The zero-order valence-corrected chi connectivity index (χ0v) is 26.8. The third-order valence-electron chi connectivity index (χ3n) is 7.96. The maximum atomic E-state index is 15.5. The molecule has 0 aromatic heterocycles. The highest BCUT2D eigenvalue weighted by molar-refractivity contribution is 8.01. The smallest absolute Gasteiger partial charge is 0.248 e. The van der Waals surface area contributed by atoms with Crippen molar-refractivity contribution in [1.29, 1.82) is 0 Å². The van der Waals surface area contributed by atoms with Gasteiger partial charge in [0.2, 0.25) is 18.2 Å². The van der Waals surface area contributed by atoms with Gasteiger partial charge >= 0.3 is 0 Å². The Labute approximate surface area is 242 Å². The normalized spacial score (nSPS) is 11.6. The summed E-state index contributed by atoms with van der Waals surface area (Å²) in [6.07, 6.45) is 8.05. The third kappa shape index (κ3) is 6.74. The van der Waals surface area contributed by atoms with Crippen LogP contribution in [0.3, 0.4) is 0 Å². The lowest BCUT2D eigenvalue weighted by Gasteiger charge is -2.24. The Morgan fingerprint density at radius 2 is 1.02 bits per heavy atom. The maximum absolute atomic E-state index is 15.5. The van der Waals surface area contributed by atoms with Crippen LogP contribution in [0.15, 0.2) is 42.5 Å². The van der Waals surface area contributed by atoms with Gasteiger partial charge in [0.15, 0.2) is 0 Å². The highest BCUT2D eigenvalue weighted by atomic mass is 31.2. The molecule has 0 N–H and O–H groups in total. The first kappa shape index (κ1) is 31.8. The van der Waals surface area contributed by atoms with E-state index in [0.717, 1.165) is 83.9 Å². The average Bonchev–Trinajstić information content (AvgIpc) is 2.87. The molecule has 0 bridgehead atoms. The largest absolute Gasteiger partial charge is 0.302 e. The van der Waals surface area contributed by atoms with E-state index in [1.165, 1.54) is 5.56 Å². The summed E-state index contributed by atoms with van der Waals surface area (Å²) in [6, 6.07) is 13.7. The van der Waals surface area contributed by atoms with E-state index in [2.05, 4.69) is 19.9 Å². The second kappa shape index (κ2) is 13.7. The number of benzene rings is 3. The summed E-state index contributed by atoms with van der Waals surface area (Å²) in [7, 11) is -4.25. The molecule has 0 unspecified atom stereocenters. The molecule has 0 saturated carbocycles. The van der Waals surface area contributed by atoms with Crippen molar-refractivity contribution in [2.75, 3.05) is 0 Å². The van der Waals surface area contributed by atoms with Crippen LogP contribution in [0.1, 0.15) is 118 Å². The number of unbranched alkanes of at least 4 members (excludes halogenated alkanes) is 4. The van der Waals surface area contributed by atoms with Crippen molar-refractivity contribution in [3.8, 4) is 0 Å². The molecule has 0 aliphatic carbocycles. The van der Waals surface area contributed by atoms with Gasteiger partial charge in [0.1, 0.15) is 0 Å². The second-order valence-corrected chi connectivity index (χ2v) is 14.2. The van der Waals surface area contributed by atoms with Crippen LogP contribution < -0.4 is 5.30 Å². The fourth-order valence-electron chi connectivity index (χ4n) is 6.11.